The van der Waals surface area contributed by atoms with Crippen LogP contribution in [0, 0.1) is 0 Å². The van der Waals surface area contributed by atoms with Crippen LogP contribution in [0.15, 0.2) is 66.9 Å². The van der Waals surface area contributed by atoms with Crippen molar-refractivity contribution in [3.8, 4) is 11.3 Å². The number of nitrogens with one attached hydrogen (secondary N) is 2. The Balaban J connectivity index is 1.70. The molecule has 25 heavy (non-hydrogen) atoms. The molecule has 0 spiro atoms. The molecule has 0 fully saturated rings. The Kier molecular flexibility index (Phi) is 5.26. The summed E-state index contributed by atoms with van der Waals surface area (Å²) in [5.74, 6) is 0.508. The van der Waals surface area contributed by atoms with Gasteiger partial charge >= 0.3 is 0 Å². The lowest BCUT2D eigenvalue weighted by molar-refractivity contribution is -0.132. The molecule has 0 aliphatic carbocycles. The molecule has 0 saturated heterocycles. The number of hydrogen-bond donors (Lipinski definition) is 2. The zero-order valence-electron chi connectivity index (χ0n) is 14.3. The van der Waals surface area contributed by atoms with E-state index >= 15 is 0 Å². The van der Waals surface area contributed by atoms with Gasteiger partial charge in [0.05, 0.1) is 17.9 Å². The minimum atomic E-state index is -0.646. The molecular formula is C20H21N3O2. The Morgan fingerprint density at radius 2 is 1.72 bits per heavy atom. The minimum absolute atomic E-state index is 0.195. The highest BCUT2D eigenvalue weighted by Crippen LogP contribution is 2.21. The Morgan fingerprint density at radius 1 is 1.08 bits per heavy atom. The minimum Gasteiger partial charge on any atom is -0.367 e. The molecule has 3 aromatic rings. The van der Waals surface area contributed by atoms with E-state index in [2.05, 4.69) is 15.3 Å². The summed E-state index contributed by atoms with van der Waals surface area (Å²) in [6, 6.07) is 19.1. The van der Waals surface area contributed by atoms with Crippen LogP contribution < -0.4 is 5.32 Å². The standard InChI is InChI=1S/C20H21N3O2/c1-14(19-21-13-17(23-19)15-9-5-3-6-10-15)22-20(24)18(25-2)16-11-7-4-8-12-16/h3-14,18H,1-2H3,(H,21,23)(H,22,24). The number of H-pyrrole nitrogens is 1. The summed E-state index contributed by atoms with van der Waals surface area (Å²) in [5, 5.41) is 2.95. The van der Waals surface area contributed by atoms with Gasteiger partial charge in [-0.3, -0.25) is 4.79 Å². The number of rotatable bonds is 6. The Bertz CT molecular complexity index is 815. The molecule has 0 aliphatic heterocycles. The molecule has 2 atom stereocenters. The molecular weight excluding hydrogens is 314 g/mol. The second-order valence-corrected chi connectivity index (χ2v) is 5.80. The fourth-order valence-corrected chi connectivity index (χ4v) is 2.70. The third-order valence-electron chi connectivity index (χ3n) is 4.03. The predicted molar refractivity (Wildman–Crippen MR) is 96.8 cm³/mol. The van der Waals surface area contributed by atoms with Gasteiger partial charge in [0.1, 0.15) is 5.82 Å². The number of aromatic nitrogens is 2. The lowest BCUT2D eigenvalue weighted by atomic mass is 10.1. The molecule has 0 radical (unpaired) electrons. The van der Waals surface area contributed by atoms with Crippen molar-refractivity contribution in [1.29, 1.82) is 0 Å². The molecule has 1 aromatic heterocycles. The van der Waals surface area contributed by atoms with Gasteiger partial charge in [-0.05, 0) is 18.1 Å². The molecule has 5 nitrogen and oxygen atoms in total. The SMILES string of the molecule is COC(C(=O)NC(C)c1ncc(-c2ccccc2)[nH]1)c1ccccc1. The van der Waals surface area contributed by atoms with Crippen molar-refractivity contribution in [2.45, 2.75) is 19.1 Å². The summed E-state index contributed by atoms with van der Waals surface area (Å²) in [6.07, 6.45) is 1.13. The number of hydrogen-bond acceptors (Lipinski definition) is 3. The summed E-state index contributed by atoms with van der Waals surface area (Å²) in [7, 11) is 1.53. The molecule has 0 aliphatic rings. The average molecular weight is 335 g/mol. The van der Waals surface area contributed by atoms with Crippen LogP contribution in [0.25, 0.3) is 11.3 Å². The van der Waals surface area contributed by atoms with Crippen molar-refractivity contribution in [1.82, 2.24) is 15.3 Å². The zero-order chi connectivity index (χ0) is 17.6. The van der Waals surface area contributed by atoms with Gasteiger partial charge in [0.15, 0.2) is 6.10 Å². The number of nitrogens with zero attached hydrogens (tertiary/aromatic N) is 1. The lowest BCUT2D eigenvalue weighted by Crippen LogP contribution is -2.33. The summed E-state index contributed by atoms with van der Waals surface area (Å²) < 4.78 is 5.37. The second kappa shape index (κ2) is 7.77. The Hall–Kier alpha value is -2.92. The molecule has 0 bridgehead atoms. The van der Waals surface area contributed by atoms with Crippen LogP contribution >= 0.6 is 0 Å². The molecule has 1 heterocycles. The molecule has 1 amide bonds. The van der Waals surface area contributed by atoms with E-state index in [0.29, 0.717) is 5.82 Å². The fraction of sp³-hybridized carbons (Fsp3) is 0.200. The number of methoxy groups -OCH3 is 1. The van der Waals surface area contributed by atoms with E-state index in [-0.39, 0.29) is 11.9 Å². The average Bonchev–Trinajstić information content (AvgIpc) is 3.14. The van der Waals surface area contributed by atoms with E-state index in [1.807, 2.05) is 67.6 Å². The Labute approximate surface area is 147 Å². The fourth-order valence-electron chi connectivity index (χ4n) is 2.70. The Morgan fingerprint density at radius 3 is 2.36 bits per heavy atom. The smallest absolute Gasteiger partial charge is 0.254 e. The van der Waals surface area contributed by atoms with Crippen molar-refractivity contribution in [3.05, 3.63) is 78.2 Å². The first-order valence-corrected chi connectivity index (χ1v) is 8.17. The number of aromatic amines is 1. The molecule has 0 saturated carbocycles. The van der Waals surface area contributed by atoms with Gasteiger partial charge in [0.25, 0.3) is 5.91 Å². The van der Waals surface area contributed by atoms with Gasteiger partial charge < -0.3 is 15.0 Å². The van der Waals surface area contributed by atoms with Gasteiger partial charge in [0, 0.05) is 7.11 Å². The molecule has 2 aromatic carbocycles. The van der Waals surface area contributed by atoms with Crippen molar-refractivity contribution >= 4 is 5.91 Å². The molecule has 2 unspecified atom stereocenters. The maximum Gasteiger partial charge on any atom is 0.254 e. The van der Waals surface area contributed by atoms with Crippen LogP contribution in [0.5, 0.6) is 0 Å². The summed E-state index contributed by atoms with van der Waals surface area (Å²) in [4.78, 5) is 20.2. The van der Waals surface area contributed by atoms with Crippen molar-refractivity contribution in [3.63, 3.8) is 0 Å². The number of amides is 1. The number of benzene rings is 2. The highest BCUT2D eigenvalue weighted by atomic mass is 16.5. The van der Waals surface area contributed by atoms with Crippen LogP contribution in [0.2, 0.25) is 0 Å². The molecule has 2 N–H and O–H groups in total. The third-order valence-corrected chi connectivity index (χ3v) is 4.03. The first kappa shape index (κ1) is 16.9. The van der Waals surface area contributed by atoms with E-state index < -0.39 is 6.10 Å². The number of imidazole rings is 1. The summed E-state index contributed by atoms with van der Waals surface area (Å²) in [6.45, 7) is 1.89. The summed E-state index contributed by atoms with van der Waals surface area (Å²) in [5.41, 5.74) is 2.79. The first-order valence-electron chi connectivity index (χ1n) is 8.17. The lowest BCUT2D eigenvalue weighted by Gasteiger charge is -2.18. The van der Waals surface area contributed by atoms with Crippen molar-refractivity contribution in [2.24, 2.45) is 0 Å². The van der Waals surface area contributed by atoms with Crippen LogP contribution in [-0.2, 0) is 9.53 Å². The van der Waals surface area contributed by atoms with E-state index in [0.717, 1.165) is 16.8 Å². The van der Waals surface area contributed by atoms with Crippen molar-refractivity contribution in [2.75, 3.05) is 7.11 Å². The van der Waals surface area contributed by atoms with Crippen molar-refractivity contribution < 1.29 is 9.53 Å². The van der Waals surface area contributed by atoms with Crippen LogP contribution in [0.4, 0.5) is 0 Å². The van der Waals surface area contributed by atoms with Gasteiger partial charge in [0.2, 0.25) is 0 Å². The normalized spacial score (nSPS) is 13.2. The topological polar surface area (TPSA) is 67.0 Å². The monoisotopic (exact) mass is 335 g/mol. The largest absolute Gasteiger partial charge is 0.367 e. The van der Waals surface area contributed by atoms with E-state index in [4.69, 9.17) is 4.74 Å². The van der Waals surface area contributed by atoms with Crippen LogP contribution in [0.3, 0.4) is 0 Å². The highest BCUT2D eigenvalue weighted by Gasteiger charge is 2.22. The van der Waals surface area contributed by atoms with E-state index in [1.165, 1.54) is 7.11 Å². The maximum atomic E-state index is 12.6. The molecule has 5 heteroatoms. The third kappa shape index (κ3) is 3.95. The van der Waals surface area contributed by atoms with Gasteiger partial charge in [-0.1, -0.05) is 60.7 Å². The van der Waals surface area contributed by atoms with Crippen LogP contribution in [-0.4, -0.2) is 23.0 Å². The highest BCUT2D eigenvalue weighted by molar-refractivity contribution is 5.82. The van der Waals surface area contributed by atoms with E-state index in [1.54, 1.807) is 6.20 Å². The number of ether oxygens (including phenoxy) is 1. The first-order chi connectivity index (χ1) is 12.2. The van der Waals surface area contributed by atoms with Gasteiger partial charge in [-0.15, -0.1) is 0 Å². The number of carbonyl (C=O) groups excluding carboxylic acids is 1. The second-order valence-electron chi connectivity index (χ2n) is 5.80. The van der Waals surface area contributed by atoms with Gasteiger partial charge in [-0.25, -0.2) is 4.98 Å². The summed E-state index contributed by atoms with van der Waals surface area (Å²) >= 11 is 0. The zero-order valence-corrected chi connectivity index (χ0v) is 14.3. The van der Waals surface area contributed by atoms with Gasteiger partial charge in [-0.2, -0.15) is 0 Å². The quantitative estimate of drug-likeness (QED) is 0.723. The number of carbonyl (C=O) groups is 1. The van der Waals surface area contributed by atoms with E-state index in [9.17, 15) is 4.79 Å². The van der Waals surface area contributed by atoms with Crippen LogP contribution in [0.1, 0.15) is 30.5 Å². The predicted octanol–water partition coefficient (Wildman–Crippen LogP) is 3.64. The molecule has 128 valence electrons. The molecule has 3 rings (SSSR count). The maximum absolute atomic E-state index is 12.6.